The average Bonchev–Trinajstić information content (AvgIpc) is 2.75. The molecule has 2 aromatic rings. The van der Waals surface area contributed by atoms with Gasteiger partial charge in [-0.3, -0.25) is 19.8 Å². The lowest BCUT2D eigenvalue weighted by Crippen LogP contribution is -2.54. The highest BCUT2D eigenvalue weighted by Crippen LogP contribution is 2.30. The van der Waals surface area contributed by atoms with Gasteiger partial charge in [0.25, 0.3) is 11.8 Å². The Bertz CT molecular complexity index is 1120. The number of halogens is 1. The Labute approximate surface area is 176 Å². The molecule has 0 spiro atoms. The number of hydrogen-bond acceptors (Lipinski definition) is 6. The molecule has 9 heteroatoms. The lowest BCUT2D eigenvalue weighted by atomic mass is 10.1. The number of carbonyl (C=O) groups excluding carboxylic acids is 4. The molecule has 2 aromatic carbocycles. The molecule has 4 amide bonds. The number of rotatable bonds is 6. The Balaban J connectivity index is 1.89. The van der Waals surface area contributed by atoms with Gasteiger partial charge in [0, 0.05) is 6.54 Å². The van der Waals surface area contributed by atoms with E-state index in [2.05, 4.69) is 11.9 Å². The Hall–Kier alpha value is -4.27. The van der Waals surface area contributed by atoms with Crippen molar-refractivity contribution >= 4 is 29.9 Å². The minimum Gasteiger partial charge on any atom is -0.493 e. The lowest BCUT2D eigenvalue weighted by molar-refractivity contribution is -0.129. The average molecular weight is 424 g/mol. The third kappa shape index (κ3) is 4.50. The zero-order chi connectivity index (χ0) is 22.5. The summed E-state index contributed by atoms with van der Waals surface area (Å²) in [6, 6.07) is 8.80. The van der Waals surface area contributed by atoms with Crippen molar-refractivity contribution in [1.82, 2.24) is 10.2 Å². The summed E-state index contributed by atoms with van der Waals surface area (Å²) >= 11 is 0. The van der Waals surface area contributed by atoms with Gasteiger partial charge in [-0.1, -0.05) is 24.3 Å². The molecule has 1 N–H and O–H groups in total. The maximum absolute atomic E-state index is 13.8. The number of nitrogens with zero attached hydrogens (tertiary/aromatic N) is 1. The highest BCUT2D eigenvalue weighted by molar-refractivity contribution is 6.31. The first kappa shape index (κ1) is 21.4. The summed E-state index contributed by atoms with van der Waals surface area (Å²) < 4.78 is 24.2. The van der Waals surface area contributed by atoms with Crippen LogP contribution in [0.1, 0.15) is 15.9 Å². The molecule has 1 aliphatic heterocycles. The van der Waals surface area contributed by atoms with Gasteiger partial charge in [-0.25, -0.2) is 14.0 Å². The van der Waals surface area contributed by atoms with Crippen molar-refractivity contribution in [3.05, 3.63) is 77.6 Å². The highest BCUT2D eigenvalue weighted by atomic mass is 19.1. The molecular formula is C22H17FN2O6. The monoisotopic (exact) mass is 424 g/mol. The SMILES string of the molecule is C=CCN1C(=O)NC(=O)/C(=C/c2ccc(OC(=O)c3ccccc3F)c(OC)c2)C1=O. The van der Waals surface area contributed by atoms with Crippen LogP contribution >= 0.6 is 0 Å². The van der Waals surface area contributed by atoms with E-state index in [0.717, 1.165) is 11.0 Å². The van der Waals surface area contributed by atoms with E-state index in [9.17, 15) is 23.6 Å². The standard InChI is InChI=1S/C22H17FN2O6/c1-3-10-25-20(27)15(19(26)24-22(25)29)11-13-8-9-17(18(12-13)30-2)31-21(28)14-6-4-5-7-16(14)23/h3-9,11-12H,1,10H2,2H3,(H,24,26,29)/b15-11-. The molecule has 0 aromatic heterocycles. The number of esters is 1. The van der Waals surface area contributed by atoms with E-state index >= 15 is 0 Å². The number of barbiturate groups is 1. The summed E-state index contributed by atoms with van der Waals surface area (Å²) in [5.74, 6) is -3.13. The molecule has 0 bridgehead atoms. The molecule has 1 saturated heterocycles. The second-order valence-corrected chi connectivity index (χ2v) is 6.30. The van der Waals surface area contributed by atoms with Crippen LogP contribution < -0.4 is 14.8 Å². The normalized spacial score (nSPS) is 15.0. The summed E-state index contributed by atoms with van der Waals surface area (Å²) in [5, 5.41) is 2.08. The van der Waals surface area contributed by atoms with Crippen LogP contribution in [-0.4, -0.2) is 42.4 Å². The Morgan fingerprint density at radius 1 is 1.16 bits per heavy atom. The van der Waals surface area contributed by atoms with Crippen LogP contribution in [0.4, 0.5) is 9.18 Å². The van der Waals surface area contributed by atoms with Crippen molar-refractivity contribution in [1.29, 1.82) is 0 Å². The Kier molecular flexibility index (Phi) is 6.25. The quantitative estimate of drug-likeness (QED) is 0.252. The van der Waals surface area contributed by atoms with E-state index < -0.39 is 29.6 Å². The minimum atomic E-state index is -0.914. The molecule has 0 unspecified atom stereocenters. The highest BCUT2D eigenvalue weighted by Gasteiger charge is 2.34. The van der Waals surface area contributed by atoms with Crippen LogP contribution in [0.15, 0.2) is 60.7 Å². The molecule has 1 fully saturated rings. The molecule has 0 atom stereocenters. The maximum Gasteiger partial charge on any atom is 0.346 e. The summed E-state index contributed by atoms with van der Waals surface area (Å²) in [7, 11) is 1.33. The fourth-order valence-corrected chi connectivity index (χ4v) is 2.80. The first-order valence-corrected chi connectivity index (χ1v) is 9.00. The van der Waals surface area contributed by atoms with Gasteiger partial charge in [0.2, 0.25) is 0 Å². The summed E-state index contributed by atoms with van der Waals surface area (Å²) in [5.41, 5.74) is -0.138. The van der Waals surface area contributed by atoms with Gasteiger partial charge in [0.15, 0.2) is 11.5 Å². The zero-order valence-electron chi connectivity index (χ0n) is 16.4. The smallest absolute Gasteiger partial charge is 0.346 e. The maximum atomic E-state index is 13.8. The molecule has 0 radical (unpaired) electrons. The third-order valence-corrected chi connectivity index (χ3v) is 4.29. The van der Waals surface area contributed by atoms with E-state index in [1.54, 1.807) is 0 Å². The zero-order valence-corrected chi connectivity index (χ0v) is 16.4. The predicted molar refractivity (Wildman–Crippen MR) is 108 cm³/mol. The Morgan fingerprint density at radius 2 is 1.90 bits per heavy atom. The summed E-state index contributed by atoms with van der Waals surface area (Å²) in [4.78, 5) is 49.5. The van der Waals surface area contributed by atoms with E-state index in [0.29, 0.717) is 5.56 Å². The predicted octanol–water partition coefficient (Wildman–Crippen LogP) is 2.70. The molecular weight excluding hydrogens is 407 g/mol. The van der Waals surface area contributed by atoms with Gasteiger partial charge >= 0.3 is 12.0 Å². The number of urea groups is 1. The van der Waals surface area contributed by atoms with Crippen LogP contribution in [0.2, 0.25) is 0 Å². The number of imide groups is 2. The van der Waals surface area contributed by atoms with Crippen LogP contribution in [-0.2, 0) is 9.59 Å². The van der Waals surface area contributed by atoms with Gasteiger partial charge in [-0.2, -0.15) is 0 Å². The van der Waals surface area contributed by atoms with Gasteiger partial charge in [-0.05, 0) is 35.9 Å². The minimum absolute atomic E-state index is 0.0146. The van der Waals surface area contributed by atoms with Crippen LogP contribution in [0.3, 0.4) is 0 Å². The van der Waals surface area contributed by atoms with Gasteiger partial charge in [0.1, 0.15) is 11.4 Å². The van der Waals surface area contributed by atoms with Crippen molar-refractivity contribution in [2.45, 2.75) is 0 Å². The van der Waals surface area contributed by atoms with Gasteiger partial charge in [0.05, 0.1) is 12.7 Å². The van der Waals surface area contributed by atoms with Crippen molar-refractivity contribution in [2.24, 2.45) is 0 Å². The fraction of sp³-hybridized carbons (Fsp3) is 0.0909. The molecule has 1 heterocycles. The molecule has 1 aliphatic rings. The lowest BCUT2D eigenvalue weighted by Gasteiger charge is -2.25. The van der Waals surface area contributed by atoms with Gasteiger partial charge < -0.3 is 9.47 Å². The van der Waals surface area contributed by atoms with Crippen molar-refractivity contribution in [3.8, 4) is 11.5 Å². The van der Waals surface area contributed by atoms with Gasteiger partial charge in [-0.15, -0.1) is 6.58 Å². The first-order valence-electron chi connectivity index (χ1n) is 9.00. The second-order valence-electron chi connectivity index (χ2n) is 6.30. The van der Waals surface area contributed by atoms with E-state index in [1.165, 1.54) is 55.7 Å². The second kappa shape index (κ2) is 9.04. The van der Waals surface area contributed by atoms with E-state index in [-0.39, 0.29) is 29.2 Å². The summed E-state index contributed by atoms with van der Waals surface area (Å²) in [6.07, 6.45) is 2.62. The van der Waals surface area contributed by atoms with Crippen LogP contribution in [0, 0.1) is 5.82 Å². The van der Waals surface area contributed by atoms with Crippen molar-refractivity contribution in [3.63, 3.8) is 0 Å². The molecule has 0 saturated carbocycles. The summed E-state index contributed by atoms with van der Waals surface area (Å²) in [6.45, 7) is 3.41. The van der Waals surface area contributed by atoms with Crippen LogP contribution in [0.25, 0.3) is 6.08 Å². The number of ether oxygens (including phenoxy) is 2. The largest absolute Gasteiger partial charge is 0.493 e. The van der Waals surface area contributed by atoms with Crippen molar-refractivity contribution in [2.75, 3.05) is 13.7 Å². The Morgan fingerprint density at radius 3 is 2.58 bits per heavy atom. The number of amides is 4. The molecule has 8 nitrogen and oxygen atoms in total. The molecule has 0 aliphatic carbocycles. The first-order chi connectivity index (χ1) is 14.8. The van der Waals surface area contributed by atoms with E-state index in [4.69, 9.17) is 9.47 Å². The van der Waals surface area contributed by atoms with Crippen molar-refractivity contribution < 1.29 is 33.0 Å². The number of nitrogens with one attached hydrogen (secondary N) is 1. The number of methoxy groups -OCH3 is 1. The third-order valence-electron chi connectivity index (χ3n) is 4.29. The van der Waals surface area contributed by atoms with E-state index in [1.807, 2.05) is 0 Å². The fourth-order valence-electron chi connectivity index (χ4n) is 2.80. The molecule has 31 heavy (non-hydrogen) atoms. The number of benzene rings is 2. The topological polar surface area (TPSA) is 102 Å². The van der Waals surface area contributed by atoms with Crippen LogP contribution in [0.5, 0.6) is 11.5 Å². The number of hydrogen-bond donors (Lipinski definition) is 1. The molecule has 158 valence electrons. The number of carbonyl (C=O) groups is 4. The molecule has 3 rings (SSSR count).